The van der Waals surface area contributed by atoms with Gasteiger partial charge in [0.05, 0.1) is 18.9 Å². The number of carbonyl (C=O) groups excluding carboxylic acids is 1. The quantitative estimate of drug-likeness (QED) is 0.220. The standard InChI is InChI=1S/C21H36N2O4SSi/c1-8-25-17(24)14-26-16-13-22-20(28-5)23-18(16)19(15-11-9-10-12-15)27-29(6,7)21(2,3)4/h13,15,19H,8-12,14H2,1-7H3. The molecule has 1 fully saturated rings. The molecule has 1 aliphatic rings. The number of rotatable bonds is 9. The maximum Gasteiger partial charge on any atom is 0.344 e. The third kappa shape index (κ3) is 6.43. The number of hydrogen-bond acceptors (Lipinski definition) is 7. The molecule has 0 saturated heterocycles. The number of esters is 1. The lowest BCUT2D eigenvalue weighted by Crippen LogP contribution is -2.43. The third-order valence-electron chi connectivity index (χ3n) is 5.92. The van der Waals surface area contributed by atoms with Crippen molar-refractivity contribution in [1.29, 1.82) is 0 Å². The van der Waals surface area contributed by atoms with Gasteiger partial charge in [0.1, 0.15) is 5.69 Å². The molecule has 0 spiro atoms. The van der Waals surface area contributed by atoms with Gasteiger partial charge in [0.2, 0.25) is 0 Å². The minimum atomic E-state index is -2.04. The molecule has 0 aliphatic heterocycles. The average Bonchev–Trinajstić information content (AvgIpc) is 3.18. The van der Waals surface area contributed by atoms with Gasteiger partial charge in [-0.1, -0.05) is 45.4 Å². The Morgan fingerprint density at radius 1 is 1.31 bits per heavy atom. The largest absolute Gasteiger partial charge is 0.478 e. The van der Waals surface area contributed by atoms with Crippen LogP contribution in [0.5, 0.6) is 5.75 Å². The van der Waals surface area contributed by atoms with Gasteiger partial charge in [-0.3, -0.25) is 0 Å². The van der Waals surface area contributed by atoms with E-state index in [-0.39, 0.29) is 17.7 Å². The summed E-state index contributed by atoms with van der Waals surface area (Å²) in [6.45, 7) is 13.2. The van der Waals surface area contributed by atoms with Gasteiger partial charge in [-0.05, 0) is 50.1 Å². The fourth-order valence-electron chi connectivity index (χ4n) is 3.25. The van der Waals surface area contributed by atoms with E-state index in [1.54, 1.807) is 13.1 Å². The van der Waals surface area contributed by atoms with Crippen molar-refractivity contribution in [3.05, 3.63) is 11.9 Å². The molecule has 6 nitrogen and oxygen atoms in total. The smallest absolute Gasteiger partial charge is 0.344 e. The molecule has 1 aromatic heterocycles. The Bertz CT molecular complexity index is 688. The van der Waals surface area contributed by atoms with Gasteiger partial charge >= 0.3 is 5.97 Å². The summed E-state index contributed by atoms with van der Waals surface area (Å²) >= 11 is 1.49. The first-order valence-electron chi connectivity index (χ1n) is 10.5. The summed E-state index contributed by atoms with van der Waals surface area (Å²) < 4.78 is 17.7. The zero-order chi connectivity index (χ0) is 21.7. The number of ether oxygens (including phenoxy) is 2. The molecule has 1 atom stereocenters. The lowest BCUT2D eigenvalue weighted by Gasteiger charge is -2.41. The Morgan fingerprint density at radius 2 is 1.97 bits per heavy atom. The van der Waals surface area contributed by atoms with E-state index in [1.807, 2.05) is 6.26 Å². The van der Waals surface area contributed by atoms with Crippen molar-refractivity contribution in [2.24, 2.45) is 5.92 Å². The van der Waals surface area contributed by atoms with Gasteiger partial charge < -0.3 is 13.9 Å². The Morgan fingerprint density at radius 3 is 2.52 bits per heavy atom. The highest BCUT2D eigenvalue weighted by atomic mass is 32.2. The monoisotopic (exact) mass is 440 g/mol. The van der Waals surface area contributed by atoms with Gasteiger partial charge in [-0.15, -0.1) is 0 Å². The zero-order valence-electron chi connectivity index (χ0n) is 18.9. The van der Waals surface area contributed by atoms with Crippen LogP contribution in [0.1, 0.15) is 65.2 Å². The fraction of sp³-hybridized carbons (Fsp3) is 0.762. The lowest BCUT2D eigenvalue weighted by molar-refractivity contribution is -0.145. The fourth-order valence-corrected chi connectivity index (χ4v) is 4.89. The van der Waals surface area contributed by atoms with E-state index in [1.165, 1.54) is 24.6 Å². The van der Waals surface area contributed by atoms with Gasteiger partial charge in [-0.2, -0.15) is 0 Å². The van der Waals surface area contributed by atoms with Crippen LogP contribution in [0.15, 0.2) is 11.4 Å². The number of hydrogen-bond donors (Lipinski definition) is 0. The average molecular weight is 441 g/mol. The lowest BCUT2D eigenvalue weighted by atomic mass is 9.98. The highest BCUT2D eigenvalue weighted by Gasteiger charge is 2.43. The molecule has 0 aromatic carbocycles. The molecule has 29 heavy (non-hydrogen) atoms. The second-order valence-electron chi connectivity index (χ2n) is 9.04. The van der Waals surface area contributed by atoms with Crippen molar-refractivity contribution in [2.75, 3.05) is 19.5 Å². The predicted molar refractivity (Wildman–Crippen MR) is 119 cm³/mol. The van der Waals surface area contributed by atoms with E-state index >= 15 is 0 Å². The van der Waals surface area contributed by atoms with Crippen molar-refractivity contribution in [3.63, 3.8) is 0 Å². The molecule has 1 aromatic rings. The molecule has 164 valence electrons. The second-order valence-corrected chi connectivity index (χ2v) is 14.6. The summed E-state index contributed by atoms with van der Waals surface area (Å²) in [5, 5.41) is 0.774. The molecule has 0 bridgehead atoms. The Hall–Kier alpha value is -1.12. The Labute approximate surface area is 180 Å². The Kier molecular flexibility index (Phi) is 8.55. The first kappa shape index (κ1) is 24.1. The summed E-state index contributed by atoms with van der Waals surface area (Å²) in [5.74, 6) is 0.528. The molecule has 0 radical (unpaired) electrons. The summed E-state index contributed by atoms with van der Waals surface area (Å²) in [7, 11) is -2.04. The molecule has 1 saturated carbocycles. The normalized spacial score (nSPS) is 16.7. The van der Waals surface area contributed by atoms with E-state index < -0.39 is 14.3 Å². The molecule has 1 unspecified atom stereocenters. The van der Waals surface area contributed by atoms with Crippen LogP contribution in [0.3, 0.4) is 0 Å². The maximum atomic E-state index is 11.8. The maximum absolute atomic E-state index is 11.8. The summed E-state index contributed by atoms with van der Waals surface area (Å²) in [4.78, 5) is 21.0. The molecular formula is C21H36N2O4SSi. The minimum absolute atomic E-state index is 0.0885. The van der Waals surface area contributed by atoms with Crippen molar-refractivity contribution in [1.82, 2.24) is 9.97 Å². The molecule has 2 rings (SSSR count). The highest BCUT2D eigenvalue weighted by molar-refractivity contribution is 7.98. The Balaban J connectivity index is 2.40. The SMILES string of the molecule is CCOC(=O)COc1cnc(SC)nc1C(O[Si](C)(C)C(C)(C)C)C1CCCC1. The van der Waals surface area contributed by atoms with Crippen LogP contribution >= 0.6 is 11.8 Å². The van der Waals surface area contributed by atoms with Crippen molar-refractivity contribution in [3.8, 4) is 5.75 Å². The van der Waals surface area contributed by atoms with Crippen LogP contribution in [-0.4, -0.2) is 43.7 Å². The predicted octanol–water partition coefficient (Wildman–Crippen LogP) is 5.39. The van der Waals surface area contributed by atoms with Crippen LogP contribution in [0.2, 0.25) is 18.1 Å². The van der Waals surface area contributed by atoms with Crippen LogP contribution in [-0.2, 0) is 14.0 Å². The number of nitrogens with zero attached hydrogens (tertiary/aromatic N) is 2. The van der Waals surface area contributed by atoms with Crippen molar-refractivity contribution in [2.45, 2.75) is 82.8 Å². The number of aromatic nitrogens is 2. The van der Waals surface area contributed by atoms with E-state index in [4.69, 9.17) is 18.9 Å². The number of thioether (sulfide) groups is 1. The van der Waals surface area contributed by atoms with Crippen LogP contribution in [0, 0.1) is 5.92 Å². The van der Waals surface area contributed by atoms with Gasteiger partial charge in [0, 0.05) is 0 Å². The van der Waals surface area contributed by atoms with E-state index in [0.717, 1.165) is 18.5 Å². The van der Waals surface area contributed by atoms with Crippen molar-refractivity contribution >= 4 is 26.0 Å². The first-order valence-corrected chi connectivity index (χ1v) is 14.6. The third-order valence-corrected chi connectivity index (χ3v) is 10.9. The number of carbonyl (C=O) groups is 1. The summed E-state index contributed by atoms with van der Waals surface area (Å²) in [5.41, 5.74) is 0.769. The minimum Gasteiger partial charge on any atom is -0.478 e. The molecule has 0 N–H and O–H groups in total. The van der Waals surface area contributed by atoms with Crippen LogP contribution in [0.25, 0.3) is 0 Å². The topological polar surface area (TPSA) is 70.5 Å². The molecule has 8 heteroatoms. The van der Waals surface area contributed by atoms with E-state index in [9.17, 15) is 4.79 Å². The summed E-state index contributed by atoms with van der Waals surface area (Å²) in [6, 6.07) is 0. The van der Waals surface area contributed by atoms with Gasteiger partial charge in [-0.25, -0.2) is 14.8 Å². The van der Waals surface area contributed by atoms with Gasteiger partial charge in [0.15, 0.2) is 25.8 Å². The van der Waals surface area contributed by atoms with Crippen LogP contribution in [0.4, 0.5) is 0 Å². The van der Waals surface area contributed by atoms with Gasteiger partial charge in [0.25, 0.3) is 0 Å². The van der Waals surface area contributed by atoms with E-state index in [0.29, 0.717) is 23.4 Å². The first-order chi connectivity index (χ1) is 13.6. The zero-order valence-corrected chi connectivity index (χ0v) is 20.7. The summed E-state index contributed by atoms with van der Waals surface area (Å²) in [6.07, 6.45) is 8.14. The molecule has 1 aliphatic carbocycles. The molecule has 1 heterocycles. The molecular weight excluding hydrogens is 404 g/mol. The van der Waals surface area contributed by atoms with E-state index in [2.05, 4.69) is 38.8 Å². The van der Waals surface area contributed by atoms with Crippen molar-refractivity contribution < 1.29 is 18.7 Å². The second kappa shape index (κ2) is 10.3. The molecule has 0 amide bonds. The van der Waals surface area contributed by atoms with Crippen LogP contribution < -0.4 is 4.74 Å². The highest BCUT2D eigenvalue weighted by Crippen LogP contribution is 2.46.